The van der Waals surface area contributed by atoms with E-state index >= 15 is 0 Å². The number of hydrogen-bond donors (Lipinski definition) is 0. The molecule has 1 aromatic rings. The third-order valence-corrected chi connectivity index (χ3v) is 7.76. The molecule has 0 aromatic heterocycles. The van der Waals surface area contributed by atoms with Crippen LogP contribution in [0.2, 0.25) is 0 Å². The zero-order valence-corrected chi connectivity index (χ0v) is 16.6. The van der Waals surface area contributed by atoms with E-state index in [9.17, 15) is 13.2 Å². The van der Waals surface area contributed by atoms with Crippen molar-refractivity contribution in [2.45, 2.75) is 24.6 Å². The van der Waals surface area contributed by atoms with Crippen LogP contribution in [0.3, 0.4) is 0 Å². The summed E-state index contributed by atoms with van der Waals surface area (Å²) in [6.45, 7) is 2.00. The highest BCUT2D eigenvalue weighted by Crippen LogP contribution is 2.38. The lowest BCUT2D eigenvalue weighted by molar-refractivity contribution is -0.115. The van der Waals surface area contributed by atoms with Crippen molar-refractivity contribution in [1.29, 1.82) is 0 Å². The molecule has 142 valence electrons. The third-order valence-electron chi connectivity index (χ3n) is 4.52. The van der Waals surface area contributed by atoms with Gasteiger partial charge in [0, 0.05) is 18.7 Å². The van der Waals surface area contributed by atoms with Crippen molar-refractivity contribution >= 4 is 32.7 Å². The van der Waals surface area contributed by atoms with Crippen molar-refractivity contribution in [1.82, 2.24) is 4.90 Å². The summed E-state index contributed by atoms with van der Waals surface area (Å²) in [5.41, 5.74) is 1.04. The van der Waals surface area contributed by atoms with Crippen molar-refractivity contribution in [3.63, 3.8) is 0 Å². The zero-order chi connectivity index (χ0) is 18.9. The lowest BCUT2D eigenvalue weighted by Crippen LogP contribution is -2.39. The first-order chi connectivity index (χ1) is 12.3. The van der Waals surface area contributed by atoms with Gasteiger partial charge in [0.15, 0.2) is 26.5 Å². The number of fused-ring (bicyclic) bond motifs is 1. The van der Waals surface area contributed by atoms with E-state index in [-0.39, 0.29) is 28.7 Å². The molecule has 2 aliphatic heterocycles. The van der Waals surface area contributed by atoms with Crippen LogP contribution < -0.4 is 9.47 Å². The molecule has 2 heterocycles. The van der Waals surface area contributed by atoms with Gasteiger partial charge in [-0.1, -0.05) is 17.8 Å². The predicted octanol–water partition coefficient (Wildman–Crippen LogP) is 1.36. The van der Waals surface area contributed by atoms with Crippen LogP contribution in [0.5, 0.6) is 11.5 Å². The Morgan fingerprint density at radius 2 is 2.00 bits per heavy atom. The quantitative estimate of drug-likeness (QED) is 0.740. The van der Waals surface area contributed by atoms with Crippen molar-refractivity contribution in [2.75, 3.05) is 32.3 Å². The van der Waals surface area contributed by atoms with Crippen LogP contribution in [0.1, 0.15) is 12.5 Å². The topological polar surface area (TPSA) is 85.3 Å². The Hall–Kier alpha value is -1.74. The molecule has 0 N–H and O–H groups in total. The van der Waals surface area contributed by atoms with Gasteiger partial charge in [0.1, 0.15) is 0 Å². The Bertz CT molecular complexity index is 838. The third kappa shape index (κ3) is 3.98. The van der Waals surface area contributed by atoms with Crippen LogP contribution >= 0.6 is 11.8 Å². The summed E-state index contributed by atoms with van der Waals surface area (Å²) in [4.78, 5) is 17.5. The van der Waals surface area contributed by atoms with Gasteiger partial charge in [-0.2, -0.15) is 4.99 Å². The Labute approximate surface area is 157 Å². The summed E-state index contributed by atoms with van der Waals surface area (Å²) in [7, 11) is 0.143. The maximum Gasteiger partial charge on any atom is 0.244 e. The first-order valence-corrected chi connectivity index (χ1v) is 11.0. The van der Waals surface area contributed by atoms with Gasteiger partial charge in [-0.05, 0) is 24.1 Å². The summed E-state index contributed by atoms with van der Waals surface area (Å²) < 4.78 is 34.5. The first kappa shape index (κ1) is 19.0. The highest BCUT2D eigenvalue weighted by Gasteiger charge is 2.48. The van der Waals surface area contributed by atoms with Crippen LogP contribution in [-0.4, -0.2) is 68.0 Å². The van der Waals surface area contributed by atoms with Crippen molar-refractivity contribution in [2.24, 2.45) is 4.99 Å². The van der Waals surface area contributed by atoms with E-state index in [1.54, 1.807) is 14.2 Å². The molecular formula is C17H22N2O5S2. The summed E-state index contributed by atoms with van der Waals surface area (Å²) in [5, 5.41) is 0.575. The molecule has 1 amide bonds. The Balaban J connectivity index is 1.78. The Morgan fingerprint density at radius 3 is 2.65 bits per heavy atom. The van der Waals surface area contributed by atoms with E-state index in [1.165, 1.54) is 18.7 Å². The smallest absolute Gasteiger partial charge is 0.244 e. The van der Waals surface area contributed by atoms with Crippen molar-refractivity contribution in [3.8, 4) is 11.5 Å². The first-order valence-electron chi connectivity index (χ1n) is 8.27. The molecule has 1 aromatic carbocycles. The van der Waals surface area contributed by atoms with Crippen LogP contribution in [0, 0.1) is 0 Å². The molecule has 0 radical (unpaired) electrons. The number of hydrogen-bond acceptors (Lipinski definition) is 6. The monoisotopic (exact) mass is 398 g/mol. The molecule has 0 unspecified atom stereocenters. The largest absolute Gasteiger partial charge is 0.493 e. The second kappa shape index (κ2) is 7.48. The number of aliphatic imine (C=N–C) groups is 1. The van der Waals surface area contributed by atoms with Crippen LogP contribution in [0.15, 0.2) is 23.2 Å². The molecule has 0 saturated carbocycles. The maximum atomic E-state index is 12.0. The van der Waals surface area contributed by atoms with Gasteiger partial charge in [0.05, 0.1) is 31.8 Å². The maximum absolute atomic E-state index is 12.0. The van der Waals surface area contributed by atoms with E-state index in [0.717, 1.165) is 5.56 Å². The number of ether oxygens (including phenoxy) is 2. The minimum Gasteiger partial charge on any atom is -0.493 e. The second-order valence-electron chi connectivity index (χ2n) is 6.35. The molecule has 0 bridgehead atoms. The molecule has 0 spiro atoms. The lowest BCUT2D eigenvalue weighted by atomic mass is 10.1. The lowest BCUT2D eigenvalue weighted by Gasteiger charge is -2.24. The number of methoxy groups -OCH3 is 2. The van der Waals surface area contributed by atoms with E-state index in [2.05, 4.69) is 4.99 Å². The molecule has 2 saturated heterocycles. The molecule has 2 aliphatic rings. The number of rotatable bonds is 5. The normalized spacial score (nSPS) is 25.3. The minimum atomic E-state index is -3.03. The van der Waals surface area contributed by atoms with E-state index in [0.29, 0.717) is 29.6 Å². The summed E-state index contributed by atoms with van der Waals surface area (Å²) >= 11 is 1.40. The fraction of sp³-hybridized carbons (Fsp3) is 0.529. The van der Waals surface area contributed by atoms with Gasteiger partial charge in [0.2, 0.25) is 5.91 Å². The minimum absolute atomic E-state index is 0.0523. The number of carbonyl (C=O) groups excluding carboxylic acids is 1. The van der Waals surface area contributed by atoms with E-state index in [4.69, 9.17) is 9.47 Å². The van der Waals surface area contributed by atoms with Crippen molar-refractivity contribution < 1.29 is 22.7 Å². The number of thioether (sulfide) groups is 1. The average molecular weight is 399 g/mol. The van der Waals surface area contributed by atoms with Gasteiger partial charge < -0.3 is 14.4 Å². The summed E-state index contributed by atoms with van der Waals surface area (Å²) in [6.07, 6.45) is 0.682. The van der Waals surface area contributed by atoms with Crippen LogP contribution in [-0.2, 0) is 21.1 Å². The van der Waals surface area contributed by atoms with E-state index in [1.807, 2.05) is 23.1 Å². The molecule has 0 aliphatic carbocycles. The number of amidine groups is 1. The highest BCUT2D eigenvalue weighted by atomic mass is 32.2. The van der Waals surface area contributed by atoms with Crippen LogP contribution in [0.25, 0.3) is 0 Å². The van der Waals surface area contributed by atoms with Gasteiger partial charge in [-0.15, -0.1) is 0 Å². The van der Waals surface area contributed by atoms with Crippen LogP contribution in [0.4, 0.5) is 0 Å². The number of carbonyl (C=O) groups is 1. The van der Waals surface area contributed by atoms with Gasteiger partial charge in [-0.3, -0.25) is 4.79 Å². The fourth-order valence-corrected chi connectivity index (χ4v) is 7.34. The number of benzene rings is 1. The molecule has 2 atom stereocenters. The molecule has 3 rings (SSSR count). The average Bonchev–Trinajstić information content (AvgIpc) is 3.03. The fourth-order valence-electron chi connectivity index (χ4n) is 3.32. The molecule has 9 heteroatoms. The number of nitrogens with zero attached hydrogens (tertiary/aromatic N) is 2. The number of amides is 1. The molecule has 26 heavy (non-hydrogen) atoms. The Morgan fingerprint density at radius 1 is 1.27 bits per heavy atom. The van der Waals surface area contributed by atoms with E-state index < -0.39 is 9.84 Å². The highest BCUT2D eigenvalue weighted by molar-refractivity contribution is 8.15. The zero-order valence-electron chi connectivity index (χ0n) is 15.0. The standard InChI is InChI=1S/C17H22N2O5S2/c1-11(20)18-17-19(13-9-26(21,22)10-16(13)25-17)7-6-12-4-5-14(23-2)15(8-12)24-3/h4-5,8,13,16H,6-7,9-10H2,1-3H3/t13-,16+/m0/s1. The summed E-state index contributed by atoms with van der Waals surface area (Å²) in [6, 6.07) is 5.59. The molecular weight excluding hydrogens is 376 g/mol. The predicted molar refractivity (Wildman–Crippen MR) is 102 cm³/mol. The van der Waals surface area contributed by atoms with Crippen molar-refractivity contribution in [3.05, 3.63) is 23.8 Å². The van der Waals surface area contributed by atoms with Gasteiger partial charge >= 0.3 is 0 Å². The summed E-state index contributed by atoms with van der Waals surface area (Å²) in [5.74, 6) is 1.31. The molecule has 2 fully saturated rings. The number of sulfone groups is 1. The van der Waals surface area contributed by atoms with Gasteiger partial charge in [0.25, 0.3) is 0 Å². The second-order valence-corrected chi connectivity index (χ2v) is 9.71. The molecule has 7 nitrogen and oxygen atoms in total. The SMILES string of the molecule is COc1ccc(CCN2C(=NC(C)=O)S[C@@H]3CS(=O)(=O)C[C@@H]32)cc1OC. The van der Waals surface area contributed by atoms with Gasteiger partial charge in [-0.25, -0.2) is 8.42 Å². The Kier molecular flexibility index (Phi) is 5.47.